The van der Waals surface area contributed by atoms with Gasteiger partial charge in [0, 0.05) is 0 Å². The fraction of sp³-hybridized carbons (Fsp3) is 0.353. The number of hydrogen-bond acceptors (Lipinski definition) is 3. The molecule has 1 aromatic carbocycles. The molecule has 2 rings (SSSR count). The van der Waals surface area contributed by atoms with Crippen LogP contribution in [0.3, 0.4) is 0 Å². The van der Waals surface area contributed by atoms with E-state index < -0.39 is 0 Å². The molecule has 0 aliphatic heterocycles. The van der Waals surface area contributed by atoms with Crippen LogP contribution in [0.25, 0.3) is 0 Å². The number of nitrogens with one attached hydrogen (secondary N) is 2. The first kappa shape index (κ1) is 16.1. The van der Waals surface area contributed by atoms with Crippen molar-refractivity contribution in [3.63, 3.8) is 0 Å². The molecule has 0 aliphatic carbocycles. The molecule has 1 aromatic heterocycles. The van der Waals surface area contributed by atoms with Crippen molar-refractivity contribution in [2.24, 2.45) is 0 Å². The summed E-state index contributed by atoms with van der Waals surface area (Å²) < 4.78 is 10.6. The monoisotopic (exact) mass is 303 g/mol. The number of furan rings is 1. The Labute approximate surface area is 130 Å². The Morgan fingerprint density at radius 1 is 1.32 bits per heavy atom. The molecule has 2 aromatic rings. The van der Waals surface area contributed by atoms with Crippen molar-refractivity contribution in [3.05, 3.63) is 54.0 Å². The maximum absolute atomic E-state index is 12.1. The third-order valence-corrected chi connectivity index (χ3v) is 3.59. The Hall–Kier alpha value is -2.27. The predicted molar refractivity (Wildman–Crippen MR) is 84.0 cm³/mol. The second-order valence-corrected chi connectivity index (χ2v) is 5.48. The molecule has 0 saturated heterocycles. The lowest BCUT2D eigenvalue weighted by Crippen LogP contribution is -3.07. The smallest absolute Gasteiger partial charge is 0.224 e. The number of hydrogen-bond donors (Lipinski definition) is 2. The van der Waals surface area contributed by atoms with Crippen LogP contribution in [0.5, 0.6) is 5.75 Å². The summed E-state index contributed by atoms with van der Waals surface area (Å²) in [5.74, 6) is 1.63. The highest BCUT2D eigenvalue weighted by atomic mass is 16.5. The molecule has 0 aliphatic rings. The quantitative estimate of drug-likeness (QED) is 0.797. The molecule has 5 heteroatoms. The molecule has 0 spiro atoms. The third kappa shape index (κ3) is 4.36. The molecule has 0 radical (unpaired) electrons. The van der Waals surface area contributed by atoms with Crippen LogP contribution in [0.4, 0.5) is 0 Å². The van der Waals surface area contributed by atoms with Gasteiger partial charge in [-0.05, 0) is 29.8 Å². The van der Waals surface area contributed by atoms with E-state index in [9.17, 15) is 4.79 Å². The predicted octanol–water partition coefficient (Wildman–Crippen LogP) is 0.833. The van der Waals surface area contributed by atoms with Crippen LogP contribution in [-0.4, -0.2) is 33.7 Å². The molecule has 1 atom stereocenters. The summed E-state index contributed by atoms with van der Waals surface area (Å²) in [5, 5.41) is 2.98. The van der Waals surface area contributed by atoms with E-state index in [1.165, 1.54) is 4.90 Å². The Kier molecular flexibility index (Phi) is 5.61. The van der Waals surface area contributed by atoms with Crippen molar-refractivity contribution in [2.45, 2.75) is 12.5 Å². The minimum absolute atomic E-state index is 0.00828. The molecule has 22 heavy (non-hydrogen) atoms. The van der Waals surface area contributed by atoms with Crippen molar-refractivity contribution in [1.82, 2.24) is 5.32 Å². The zero-order valence-electron chi connectivity index (χ0n) is 13.3. The Morgan fingerprint density at radius 2 is 2.14 bits per heavy atom. The number of carbonyl (C=O) groups excluding carboxylic acids is 1. The number of methoxy groups -OCH3 is 1. The molecule has 1 amide bonds. The SMILES string of the molecule is COc1cccc(CC(=O)NC[C@H](c2ccco2)[NH+](C)C)c1. The molecule has 118 valence electrons. The minimum atomic E-state index is -0.00828. The fourth-order valence-corrected chi connectivity index (χ4v) is 2.32. The highest BCUT2D eigenvalue weighted by molar-refractivity contribution is 5.78. The summed E-state index contributed by atoms with van der Waals surface area (Å²) in [7, 11) is 5.70. The molecule has 5 nitrogen and oxygen atoms in total. The zero-order chi connectivity index (χ0) is 15.9. The lowest BCUT2D eigenvalue weighted by Gasteiger charge is -2.19. The summed E-state index contributed by atoms with van der Waals surface area (Å²) >= 11 is 0. The largest absolute Gasteiger partial charge is 0.497 e. The van der Waals surface area contributed by atoms with Gasteiger partial charge in [0.05, 0.1) is 40.4 Å². The van der Waals surface area contributed by atoms with Gasteiger partial charge in [-0.15, -0.1) is 0 Å². The van der Waals surface area contributed by atoms with E-state index in [0.717, 1.165) is 17.1 Å². The van der Waals surface area contributed by atoms with Crippen molar-refractivity contribution in [3.8, 4) is 5.75 Å². The number of benzene rings is 1. The van der Waals surface area contributed by atoms with Crippen LogP contribution in [0, 0.1) is 0 Å². The van der Waals surface area contributed by atoms with E-state index in [1.54, 1.807) is 13.4 Å². The van der Waals surface area contributed by atoms with Gasteiger partial charge in [0.15, 0.2) is 11.8 Å². The first-order chi connectivity index (χ1) is 10.6. The van der Waals surface area contributed by atoms with Gasteiger partial charge in [-0.25, -0.2) is 0 Å². The van der Waals surface area contributed by atoms with E-state index in [-0.39, 0.29) is 11.9 Å². The van der Waals surface area contributed by atoms with Crippen LogP contribution < -0.4 is 15.0 Å². The summed E-state index contributed by atoms with van der Waals surface area (Å²) in [4.78, 5) is 13.3. The Balaban J connectivity index is 1.91. The van der Waals surface area contributed by atoms with E-state index >= 15 is 0 Å². The van der Waals surface area contributed by atoms with E-state index in [4.69, 9.17) is 9.15 Å². The number of likely N-dealkylation sites (N-methyl/N-ethyl adjacent to an activating group) is 1. The van der Waals surface area contributed by atoms with Crippen molar-refractivity contribution < 1.29 is 18.8 Å². The number of carbonyl (C=O) groups is 1. The average molecular weight is 303 g/mol. The molecule has 0 unspecified atom stereocenters. The van der Waals surface area contributed by atoms with Crippen LogP contribution in [0.15, 0.2) is 47.1 Å². The summed E-state index contributed by atoms with van der Waals surface area (Å²) in [6.45, 7) is 0.540. The van der Waals surface area contributed by atoms with Gasteiger partial charge in [0.25, 0.3) is 0 Å². The lowest BCUT2D eigenvalue weighted by molar-refractivity contribution is -0.891. The van der Waals surface area contributed by atoms with Gasteiger partial charge >= 0.3 is 0 Å². The number of quaternary nitrogens is 1. The molecular weight excluding hydrogens is 280 g/mol. The molecule has 1 heterocycles. The first-order valence-corrected chi connectivity index (χ1v) is 7.33. The fourth-order valence-electron chi connectivity index (χ4n) is 2.32. The maximum Gasteiger partial charge on any atom is 0.224 e. The summed E-state index contributed by atoms with van der Waals surface area (Å²) in [6, 6.07) is 11.4. The lowest BCUT2D eigenvalue weighted by atomic mass is 10.1. The van der Waals surface area contributed by atoms with Crippen molar-refractivity contribution in [2.75, 3.05) is 27.7 Å². The van der Waals surface area contributed by atoms with Gasteiger partial charge in [-0.1, -0.05) is 12.1 Å². The molecule has 0 fully saturated rings. The Bertz CT molecular complexity index is 594. The van der Waals surface area contributed by atoms with Gasteiger partial charge in [0.1, 0.15) is 5.75 Å². The highest BCUT2D eigenvalue weighted by Crippen LogP contribution is 2.13. The van der Waals surface area contributed by atoms with Crippen LogP contribution in [0.2, 0.25) is 0 Å². The maximum atomic E-state index is 12.1. The average Bonchev–Trinajstić information content (AvgIpc) is 3.01. The van der Waals surface area contributed by atoms with E-state index in [0.29, 0.717) is 13.0 Å². The second kappa shape index (κ2) is 7.66. The normalized spacial score (nSPS) is 12.2. The molecule has 0 bridgehead atoms. The summed E-state index contributed by atoms with van der Waals surface area (Å²) in [5.41, 5.74) is 0.934. The van der Waals surface area contributed by atoms with Gasteiger partial charge in [-0.2, -0.15) is 0 Å². The molecular formula is C17H23N2O3+. The van der Waals surface area contributed by atoms with Crippen LogP contribution >= 0.6 is 0 Å². The standard InChI is InChI=1S/C17H22N2O3/c1-19(2)15(16-8-5-9-22-16)12-18-17(20)11-13-6-4-7-14(10-13)21-3/h4-10,15H,11-12H2,1-3H3,(H,18,20)/p+1/t15-/m1/s1. The van der Waals surface area contributed by atoms with E-state index in [2.05, 4.69) is 5.32 Å². The minimum Gasteiger partial charge on any atom is -0.497 e. The topological polar surface area (TPSA) is 55.9 Å². The van der Waals surface area contributed by atoms with Crippen molar-refractivity contribution >= 4 is 5.91 Å². The first-order valence-electron chi connectivity index (χ1n) is 7.33. The number of amides is 1. The van der Waals surface area contributed by atoms with E-state index in [1.807, 2.05) is 50.5 Å². The summed E-state index contributed by atoms with van der Waals surface area (Å²) in [6.07, 6.45) is 1.99. The third-order valence-electron chi connectivity index (χ3n) is 3.59. The zero-order valence-corrected chi connectivity index (χ0v) is 13.3. The number of ether oxygens (including phenoxy) is 1. The van der Waals surface area contributed by atoms with Gasteiger partial charge in [0.2, 0.25) is 5.91 Å². The van der Waals surface area contributed by atoms with Gasteiger partial charge in [-0.3, -0.25) is 4.79 Å². The second-order valence-electron chi connectivity index (χ2n) is 5.48. The van der Waals surface area contributed by atoms with Crippen LogP contribution in [0.1, 0.15) is 17.4 Å². The Morgan fingerprint density at radius 3 is 2.77 bits per heavy atom. The van der Waals surface area contributed by atoms with Crippen LogP contribution in [-0.2, 0) is 11.2 Å². The molecule has 2 N–H and O–H groups in total. The molecule has 0 saturated carbocycles. The number of rotatable bonds is 7. The van der Waals surface area contributed by atoms with Crippen molar-refractivity contribution in [1.29, 1.82) is 0 Å². The van der Waals surface area contributed by atoms with Gasteiger partial charge < -0.3 is 19.4 Å². The highest BCUT2D eigenvalue weighted by Gasteiger charge is 2.21.